The quantitative estimate of drug-likeness (QED) is 0.890. The molecule has 1 saturated carbocycles. The van der Waals surface area contributed by atoms with Crippen molar-refractivity contribution in [2.45, 2.75) is 63.5 Å². The molecule has 7 nitrogen and oxygen atoms in total. The fourth-order valence-electron chi connectivity index (χ4n) is 4.35. The van der Waals surface area contributed by atoms with Crippen molar-refractivity contribution in [2.24, 2.45) is 0 Å². The van der Waals surface area contributed by atoms with Gasteiger partial charge in [0.1, 0.15) is 5.69 Å². The van der Waals surface area contributed by atoms with Crippen molar-refractivity contribution in [1.82, 2.24) is 20.0 Å². The second kappa shape index (κ2) is 7.39. The molecule has 2 amide bonds. The van der Waals surface area contributed by atoms with E-state index in [0.29, 0.717) is 31.4 Å². The van der Waals surface area contributed by atoms with Crippen molar-refractivity contribution in [2.75, 3.05) is 26.3 Å². The van der Waals surface area contributed by atoms with E-state index in [1.165, 1.54) is 12.8 Å². The predicted molar refractivity (Wildman–Crippen MR) is 95.8 cm³/mol. The van der Waals surface area contributed by atoms with Crippen LogP contribution in [0.25, 0.3) is 0 Å². The SMILES string of the molecule is CC(=O)N(C1CCOCC1)C1CCCN(C(=O)c2cc(C3CC3)[nH]n2)C1. The minimum Gasteiger partial charge on any atom is -0.381 e. The number of ether oxygens (including phenoxy) is 1. The maximum absolute atomic E-state index is 12.9. The molecule has 26 heavy (non-hydrogen) atoms. The third kappa shape index (κ3) is 3.63. The number of aromatic amines is 1. The van der Waals surface area contributed by atoms with Gasteiger partial charge in [-0.25, -0.2) is 0 Å². The first-order valence-electron chi connectivity index (χ1n) is 9.84. The zero-order valence-electron chi connectivity index (χ0n) is 15.4. The van der Waals surface area contributed by atoms with Gasteiger partial charge in [0, 0.05) is 56.9 Å². The van der Waals surface area contributed by atoms with Crippen molar-refractivity contribution in [3.8, 4) is 0 Å². The second-order valence-corrected chi connectivity index (χ2v) is 7.80. The summed E-state index contributed by atoms with van der Waals surface area (Å²) in [5, 5.41) is 7.25. The van der Waals surface area contributed by atoms with E-state index in [0.717, 1.165) is 37.9 Å². The van der Waals surface area contributed by atoms with Gasteiger partial charge >= 0.3 is 0 Å². The lowest BCUT2D eigenvalue weighted by atomic mass is 9.98. The molecule has 1 aliphatic carbocycles. The Kier molecular flexibility index (Phi) is 4.98. The molecule has 3 fully saturated rings. The van der Waals surface area contributed by atoms with Crippen LogP contribution < -0.4 is 0 Å². The van der Waals surface area contributed by atoms with Crippen LogP contribution in [0.5, 0.6) is 0 Å². The van der Waals surface area contributed by atoms with Crippen LogP contribution in [0.15, 0.2) is 6.07 Å². The molecule has 1 aromatic rings. The number of nitrogens with zero attached hydrogens (tertiary/aromatic N) is 3. The van der Waals surface area contributed by atoms with Crippen molar-refractivity contribution >= 4 is 11.8 Å². The fraction of sp³-hybridized carbons (Fsp3) is 0.737. The Labute approximate surface area is 154 Å². The van der Waals surface area contributed by atoms with E-state index in [-0.39, 0.29) is 23.9 Å². The first-order chi connectivity index (χ1) is 12.6. The summed E-state index contributed by atoms with van der Waals surface area (Å²) in [5.41, 5.74) is 1.59. The van der Waals surface area contributed by atoms with Gasteiger partial charge < -0.3 is 14.5 Å². The molecule has 4 rings (SSSR count). The van der Waals surface area contributed by atoms with Gasteiger partial charge in [-0.2, -0.15) is 5.10 Å². The molecule has 0 aromatic carbocycles. The number of aromatic nitrogens is 2. The average molecular weight is 360 g/mol. The Hall–Kier alpha value is -1.89. The number of nitrogens with one attached hydrogen (secondary N) is 1. The van der Waals surface area contributed by atoms with Crippen molar-refractivity contribution in [3.63, 3.8) is 0 Å². The number of carbonyl (C=O) groups excluding carboxylic acids is 2. The summed E-state index contributed by atoms with van der Waals surface area (Å²) >= 11 is 0. The molecule has 2 aliphatic heterocycles. The summed E-state index contributed by atoms with van der Waals surface area (Å²) in [7, 11) is 0. The van der Waals surface area contributed by atoms with E-state index >= 15 is 0 Å². The monoisotopic (exact) mass is 360 g/mol. The Bertz CT molecular complexity index is 663. The number of likely N-dealkylation sites (tertiary alicyclic amines) is 1. The minimum absolute atomic E-state index is 0.0201. The highest BCUT2D eigenvalue weighted by Gasteiger charge is 2.35. The zero-order chi connectivity index (χ0) is 18.1. The van der Waals surface area contributed by atoms with Gasteiger partial charge in [0.15, 0.2) is 0 Å². The first-order valence-corrected chi connectivity index (χ1v) is 9.84. The number of carbonyl (C=O) groups is 2. The van der Waals surface area contributed by atoms with E-state index < -0.39 is 0 Å². The van der Waals surface area contributed by atoms with Crippen molar-refractivity contribution < 1.29 is 14.3 Å². The molecule has 2 saturated heterocycles. The number of hydrogen-bond acceptors (Lipinski definition) is 4. The summed E-state index contributed by atoms with van der Waals surface area (Å²) in [6.45, 7) is 4.40. The smallest absolute Gasteiger partial charge is 0.274 e. The zero-order valence-corrected chi connectivity index (χ0v) is 15.4. The largest absolute Gasteiger partial charge is 0.381 e. The molecule has 142 valence electrons. The highest BCUT2D eigenvalue weighted by Crippen LogP contribution is 2.39. The fourth-order valence-corrected chi connectivity index (χ4v) is 4.35. The lowest BCUT2D eigenvalue weighted by Crippen LogP contribution is -2.55. The summed E-state index contributed by atoms with van der Waals surface area (Å²) in [5.74, 6) is 0.639. The molecular weight excluding hydrogens is 332 g/mol. The third-order valence-electron chi connectivity index (χ3n) is 5.86. The van der Waals surface area contributed by atoms with E-state index in [2.05, 4.69) is 10.2 Å². The van der Waals surface area contributed by atoms with Gasteiger partial charge in [-0.1, -0.05) is 0 Å². The molecule has 3 aliphatic rings. The molecule has 7 heteroatoms. The van der Waals surface area contributed by atoms with Crippen LogP contribution in [0, 0.1) is 0 Å². The highest BCUT2D eigenvalue weighted by molar-refractivity contribution is 5.92. The number of H-pyrrole nitrogens is 1. The molecule has 1 atom stereocenters. The third-order valence-corrected chi connectivity index (χ3v) is 5.86. The van der Waals surface area contributed by atoms with Crippen LogP contribution >= 0.6 is 0 Å². The standard InChI is InChI=1S/C19H28N4O3/c1-13(24)23(15-6-9-26-10-7-15)16-3-2-8-22(12-16)19(25)18-11-17(20-21-18)14-4-5-14/h11,14-16H,2-10,12H2,1H3,(H,20,21). The van der Waals surface area contributed by atoms with Crippen molar-refractivity contribution in [1.29, 1.82) is 0 Å². The van der Waals surface area contributed by atoms with E-state index in [9.17, 15) is 9.59 Å². The maximum atomic E-state index is 12.9. The number of hydrogen-bond donors (Lipinski definition) is 1. The van der Waals surface area contributed by atoms with Crippen LogP contribution in [0.3, 0.4) is 0 Å². The molecule has 0 spiro atoms. The maximum Gasteiger partial charge on any atom is 0.274 e. The molecule has 0 radical (unpaired) electrons. The normalized spacial score (nSPS) is 24.5. The Morgan fingerprint density at radius 1 is 1.19 bits per heavy atom. The number of amides is 2. The van der Waals surface area contributed by atoms with Gasteiger partial charge in [0.05, 0.1) is 0 Å². The average Bonchev–Trinajstić information content (AvgIpc) is 3.39. The number of rotatable bonds is 4. The van der Waals surface area contributed by atoms with Crippen LogP contribution in [0.4, 0.5) is 0 Å². The van der Waals surface area contributed by atoms with Gasteiger partial charge in [-0.3, -0.25) is 14.7 Å². The highest BCUT2D eigenvalue weighted by atomic mass is 16.5. The Morgan fingerprint density at radius 2 is 1.96 bits per heavy atom. The van der Waals surface area contributed by atoms with E-state index in [1.54, 1.807) is 6.92 Å². The lowest BCUT2D eigenvalue weighted by Gasteiger charge is -2.43. The van der Waals surface area contributed by atoms with Gasteiger partial charge in [-0.05, 0) is 44.6 Å². The molecule has 1 unspecified atom stereocenters. The molecule has 1 N–H and O–H groups in total. The summed E-state index contributed by atoms with van der Waals surface area (Å²) in [6.07, 6.45) is 6.00. The van der Waals surface area contributed by atoms with Crippen molar-refractivity contribution in [3.05, 3.63) is 17.5 Å². The van der Waals surface area contributed by atoms with E-state index in [4.69, 9.17) is 4.74 Å². The summed E-state index contributed by atoms with van der Waals surface area (Å²) < 4.78 is 5.45. The summed E-state index contributed by atoms with van der Waals surface area (Å²) in [4.78, 5) is 29.1. The van der Waals surface area contributed by atoms with E-state index in [1.807, 2.05) is 15.9 Å². The molecule has 1 aromatic heterocycles. The van der Waals surface area contributed by atoms with Gasteiger partial charge in [-0.15, -0.1) is 0 Å². The van der Waals surface area contributed by atoms with Crippen LogP contribution in [-0.4, -0.2) is 70.2 Å². The Balaban J connectivity index is 1.44. The Morgan fingerprint density at radius 3 is 2.65 bits per heavy atom. The predicted octanol–water partition coefficient (Wildman–Crippen LogP) is 1.92. The minimum atomic E-state index is -0.0201. The second-order valence-electron chi connectivity index (χ2n) is 7.80. The van der Waals surface area contributed by atoms with Crippen LogP contribution in [0.2, 0.25) is 0 Å². The molecule has 0 bridgehead atoms. The summed E-state index contributed by atoms with van der Waals surface area (Å²) in [6, 6.07) is 2.23. The lowest BCUT2D eigenvalue weighted by molar-refractivity contribution is -0.137. The number of piperidine rings is 1. The van der Waals surface area contributed by atoms with Gasteiger partial charge in [0.25, 0.3) is 5.91 Å². The molecular formula is C19H28N4O3. The molecule has 3 heterocycles. The van der Waals surface area contributed by atoms with Crippen LogP contribution in [0.1, 0.15) is 67.5 Å². The topological polar surface area (TPSA) is 78.5 Å². The van der Waals surface area contributed by atoms with Gasteiger partial charge in [0.2, 0.25) is 5.91 Å². The first kappa shape index (κ1) is 17.5. The van der Waals surface area contributed by atoms with Crippen LogP contribution in [-0.2, 0) is 9.53 Å².